The third kappa shape index (κ3) is 1.28. The van der Waals surface area contributed by atoms with Gasteiger partial charge in [0.25, 0.3) is 0 Å². The van der Waals surface area contributed by atoms with Gasteiger partial charge in [-0.2, -0.15) is 0 Å². The minimum Gasteiger partial charge on any atom is -0.461 e. The van der Waals surface area contributed by atoms with Gasteiger partial charge in [0.05, 0.1) is 5.39 Å². The molecule has 0 saturated carbocycles. The number of aryl methyl sites for hydroxylation is 1. The molecule has 3 heteroatoms. The van der Waals surface area contributed by atoms with E-state index in [2.05, 4.69) is 0 Å². The average molecular weight is 175 g/mol. The normalized spacial score (nSPS) is 10.5. The fourth-order valence-corrected chi connectivity index (χ4v) is 1.26. The van der Waals surface area contributed by atoms with Gasteiger partial charge in [0.15, 0.2) is 11.2 Å². The summed E-state index contributed by atoms with van der Waals surface area (Å²) in [6, 6.07) is 5.58. The highest BCUT2D eigenvalue weighted by Gasteiger charge is 2.02. The van der Waals surface area contributed by atoms with Crippen molar-refractivity contribution < 1.29 is 9.52 Å². The van der Waals surface area contributed by atoms with Crippen molar-refractivity contribution >= 4 is 11.0 Å². The van der Waals surface area contributed by atoms with E-state index < -0.39 is 0 Å². The third-order valence-corrected chi connectivity index (χ3v) is 1.82. The topological polar surface area (TPSA) is 50.1 Å². The highest BCUT2D eigenvalue weighted by molar-refractivity contribution is 5.77. The highest BCUT2D eigenvalue weighted by Crippen LogP contribution is 2.18. The van der Waals surface area contributed by atoms with E-state index in [0.29, 0.717) is 16.7 Å². The van der Waals surface area contributed by atoms with Crippen molar-refractivity contribution in [1.82, 2.24) is 0 Å². The summed E-state index contributed by atoms with van der Waals surface area (Å²) in [5, 5.41) is 11.4. The van der Waals surface area contributed by atoms with Crippen molar-refractivity contribution in [2.75, 3.05) is 0 Å². The summed E-state index contributed by atoms with van der Waals surface area (Å²) in [5.41, 5.74) is 0.247. The Labute approximate surface area is 74.2 Å². The molecule has 0 bridgehead atoms. The minimum atomic E-state index is -0.152. The summed E-state index contributed by atoms with van der Waals surface area (Å²) in [6.45, 7) is 1.68. The quantitative estimate of drug-likeness (QED) is 0.616. The van der Waals surface area contributed by atoms with Crippen molar-refractivity contribution in [3.05, 3.63) is 40.2 Å². The Morgan fingerprint density at radius 3 is 2.77 bits per heavy atom. The number of benzene rings is 1. The summed E-state index contributed by atoms with van der Waals surface area (Å²) < 4.78 is 5.22. The van der Waals surface area contributed by atoms with Gasteiger partial charge in [0.1, 0.15) is 11.3 Å². The van der Waals surface area contributed by atoms with E-state index in [0.717, 1.165) is 0 Å². The molecule has 0 amide bonds. The Kier molecular flexibility index (Phi) is 1.59. The summed E-state index contributed by atoms with van der Waals surface area (Å²) in [4.78, 5) is 11.3. The second kappa shape index (κ2) is 2.62. The molecule has 2 rings (SSSR count). The fraction of sp³-hybridized carbons (Fsp3) is 0.100. The summed E-state index contributed by atoms with van der Waals surface area (Å²) in [5.74, 6) is 0.365. The molecule has 0 spiro atoms. The Morgan fingerprint density at radius 2 is 2.00 bits per heavy atom. The molecule has 13 heavy (non-hydrogen) atoms. The van der Waals surface area contributed by atoms with Crippen molar-refractivity contribution in [2.45, 2.75) is 6.92 Å². The second-order valence-corrected chi connectivity index (χ2v) is 2.88. The van der Waals surface area contributed by atoms with Crippen molar-refractivity contribution in [3.63, 3.8) is 0 Å². The molecular weight excluding hydrogens is 168 g/mol. The van der Waals surface area contributed by atoms with Gasteiger partial charge in [-0.15, -0.1) is 0 Å². The summed E-state index contributed by atoms with van der Waals surface area (Å²) in [6.07, 6.45) is 0. The lowest BCUT2D eigenvalue weighted by Crippen LogP contribution is -1.99. The molecule has 1 aromatic heterocycles. The molecular formula is C10H7O3. The predicted molar refractivity (Wildman–Crippen MR) is 47.4 cm³/mol. The molecule has 0 aliphatic heterocycles. The van der Waals surface area contributed by atoms with Crippen LogP contribution in [0.15, 0.2) is 33.5 Å². The first kappa shape index (κ1) is 7.86. The van der Waals surface area contributed by atoms with Crippen LogP contribution in [0.3, 0.4) is 0 Å². The molecule has 0 aliphatic rings. The number of rotatable bonds is 0. The van der Waals surface area contributed by atoms with E-state index in [1.807, 2.05) is 0 Å². The number of hydrogen-bond acceptors (Lipinski definition) is 2. The van der Waals surface area contributed by atoms with E-state index in [1.165, 1.54) is 24.3 Å². The standard InChI is InChI=1S/C10H7O3/c1-6-4-9(12)8-3-2-7(11)5-10(8)13-6/h2-5H,1H3. The van der Waals surface area contributed by atoms with Gasteiger partial charge < -0.3 is 4.42 Å². The van der Waals surface area contributed by atoms with Crippen LogP contribution in [0, 0.1) is 6.92 Å². The molecule has 1 aromatic carbocycles. The van der Waals surface area contributed by atoms with Crippen LogP contribution in [0.2, 0.25) is 0 Å². The Morgan fingerprint density at radius 1 is 1.23 bits per heavy atom. The zero-order chi connectivity index (χ0) is 9.42. The molecule has 3 nitrogen and oxygen atoms in total. The highest BCUT2D eigenvalue weighted by atomic mass is 16.3. The van der Waals surface area contributed by atoms with Crippen molar-refractivity contribution in [3.8, 4) is 5.75 Å². The first-order valence-electron chi connectivity index (χ1n) is 3.88. The van der Waals surface area contributed by atoms with Crippen molar-refractivity contribution in [1.29, 1.82) is 0 Å². The molecule has 1 heterocycles. The van der Waals surface area contributed by atoms with Gasteiger partial charge in [-0.3, -0.25) is 9.90 Å². The molecule has 0 saturated heterocycles. The van der Waals surface area contributed by atoms with Crippen LogP contribution in [0.5, 0.6) is 5.75 Å². The van der Waals surface area contributed by atoms with E-state index in [-0.39, 0.29) is 11.2 Å². The van der Waals surface area contributed by atoms with Gasteiger partial charge in [-0.05, 0) is 19.1 Å². The molecule has 0 aliphatic carbocycles. The lowest BCUT2D eigenvalue weighted by atomic mass is 10.2. The number of hydrogen-bond donors (Lipinski definition) is 0. The van der Waals surface area contributed by atoms with E-state index in [9.17, 15) is 9.90 Å². The van der Waals surface area contributed by atoms with Crippen molar-refractivity contribution in [2.24, 2.45) is 0 Å². The van der Waals surface area contributed by atoms with Crippen LogP contribution in [0.4, 0.5) is 0 Å². The fourth-order valence-electron chi connectivity index (χ4n) is 1.26. The van der Waals surface area contributed by atoms with Crippen LogP contribution in [-0.2, 0) is 5.11 Å². The Hall–Kier alpha value is -1.77. The third-order valence-electron chi connectivity index (χ3n) is 1.82. The maximum atomic E-state index is 11.3. The maximum Gasteiger partial charge on any atom is 0.192 e. The number of fused-ring (bicyclic) bond motifs is 1. The van der Waals surface area contributed by atoms with Gasteiger partial charge in [-0.25, -0.2) is 0 Å². The van der Waals surface area contributed by atoms with E-state index in [1.54, 1.807) is 6.92 Å². The monoisotopic (exact) mass is 175 g/mol. The largest absolute Gasteiger partial charge is 0.461 e. The Bertz CT molecular complexity index is 506. The van der Waals surface area contributed by atoms with Crippen LogP contribution in [0.1, 0.15) is 5.76 Å². The Balaban J connectivity index is 2.95. The van der Waals surface area contributed by atoms with Crippen LogP contribution in [0.25, 0.3) is 11.0 Å². The van der Waals surface area contributed by atoms with Gasteiger partial charge in [0, 0.05) is 12.1 Å². The van der Waals surface area contributed by atoms with Gasteiger partial charge >= 0.3 is 0 Å². The minimum absolute atomic E-state index is 0.112. The SMILES string of the molecule is Cc1cc(=O)c2ccc([O])cc2o1. The summed E-state index contributed by atoms with van der Waals surface area (Å²) in [7, 11) is 0. The lowest BCUT2D eigenvalue weighted by Gasteiger charge is -1.97. The van der Waals surface area contributed by atoms with Crippen LogP contribution < -0.4 is 5.43 Å². The first-order valence-corrected chi connectivity index (χ1v) is 3.88. The first-order chi connectivity index (χ1) is 6.16. The smallest absolute Gasteiger partial charge is 0.192 e. The lowest BCUT2D eigenvalue weighted by molar-refractivity contribution is 0.354. The second-order valence-electron chi connectivity index (χ2n) is 2.88. The van der Waals surface area contributed by atoms with E-state index in [4.69, 9.17) is 4.42 Å². The predicted octanol–water partition coefficient (Wildman–Crippen LogP) is 2.25. The molecule has 0 unspecified atom stereocenters. The molecule has 0 atom stereocenters. The van der Waals surface area contributed by atoms with Gasteiger partial charge in [0.2, 0.25) is 0 Å². The maximum absolute atomic E-state index is 11.3. The summed E-state index contributed by atoms with van der Waals surface area (Å²) >= 11 is 0. The van der Waals surface area contributed by atoms with Crippen LogP contribution >= 0.6 is 0 Å². The average Bonchev–Trinajstić information content (AvgIpc) is 2.02. The molecule has 0 N–H and O–H groups in total. The molecule has 65 valence electrons. The molecule has 1 radical (unpaired) electrons. The zero-order valence-corrected chi connectivity index (χ0v) is 7.03. The molecule has 2 aromatic rings. The van der Waals surface area contributed by atoms with E-state index >= 15 is 0 Å². The zero-order valence-electron chi connectivity index (χ0n) is 7.03. The van der Waals surface area contributed by atoms with Gasteiger partial charge in [-0.1, -0.05) is 0 Å². The van der Waals surface area contributed by atoms with Crippen LogP contribution in [-0.4, -0.2) is 0 Å². The molecule has 0 fully saturated rings.